The number of aromatic nitrogens is 2. The Morgan fingerprint density at radius 3 is 2.43 bits per heavy atom. The molecular weight excluding hydrogens is 322 g/mol. The van der Waals surface area contributed by atoms with Crippen molar-refractivity contribution >= 4 is 17.3 Å². The fraction of sp³-hybridized carbons (Fsp3) is 0.0667. The molecule has 0 amide bonds. The van der Waals surface area contributed by atoms with E-state index in [-0.39, 0.29) is 18.2 Å². The van der Waals surface area contributed by atoms with Crippen LogP contribution in [0.1, 0.15) is 5.89 Å². The van der Waals surface area contributed by atoms with Crippen LogP contribution >= 0.6 is 11.6 Å². The van der Waals surface area contributed by atoms with Crippen LogP contribution in [-0.4, -0.2) is 15.1 Å². The van der Waals surface area contributed by atoms with Crippen LogP contribution in [0.5, 0.6) is 5.75 Å². The van der Waals surface area contributed by atoms with Gasteiger partial charge in [-0.25, -0.2) is 0 Å². The Kier molecular flexibility index (Phi) is 4.20. The van der Waals surface area contributed by atoms with Crippen molar-refractivity contribution in [2.75, 3.05) is 0 Å². The number of nitro groups is 1. The molecule has 0 aliphatic carbocycles. The molecule has 2 aromatic carbocycles. The average Bonchev–Trinajstić information content (AvgIpc) is 3.03. The molecule has 3 aromatic rings. The molecule has 0 aliphatic heterocycles. The van der Waals surface area contributed by atoms with E-state index in [1.165, 1.54) is 12.1 Å². The van der Waals surface area contributed by atoms with Gasteiger partial charge in [0.25, 0.3) is 11.6 Å². The van der Waals surface area contributed by atoms with Crippen molar-refractivity contribution in [2.45, 2.75) is 6.61 Å². The van der Waals surface area contributed by atoms with Gasteiger partial charge in [-0.2, -0.15) is 0 Å². The standard InChI is InChI=1S/C15H10ClN3O4/c16-11-3-7-13(8-4-11)22-9-14-17-18-15(23-14)10-1-5-12(6-2-10)19(20)21/h1-8H,9H2. The lowest BCUT2D eigenvalue weighted by molar-refractivity contribution is -0.384. The molecule has 0 N–H and O–H groups in total. The lowest BCUT2D eigenvalue weighted by Crippen LogP contribution is -1.95. The lowest BCUT2D eigenvalue weighted by Gasteiger charge is -2.02. The highest BCUT2D eigenvalue weighted by molar-refractivity contribution is 6.30. The van der Waals surface area contributed by atoms with Crippen LogP contribution in [0.25, 0.3) is 11.5 Å². The molecule has 0 saturated carbocycles. The van der Waals surface area contributed by atoms with Crippen molar-refractivity contribution in [1.29, 1.82) is 0 Å². The number of non-ortho nitro benzene ring substituents is 1. The summed E-state index contributed by atoms with van der Waals surface area (Å²) in [5, 5.41) is 19.0. The molecule has 1 heterocycles. The SMILES string of the molecule is O=[N+]([O-])c1ccc(-c2nnc(COc3ccc(Cl)cc3)o2)cc1. The summed E-state index contributed by atoms with van der Waals surface area (Å²) in [6.45, 7) is 0.113. The first kappa shape index (κ1) is 15.0. The maximum absolute atomic E-state index is 10.6. The number of nitro benzene ring substituents is 1. The average molecular weight is 332 g/mol. The summed E-state index contributed by atoms with van der Waals surface area (Å²) in [4.78, 5) is 10.2. The third-order valence-corrected chi connectivity index (χ3v) is 3.22. The molecule has 0 fully saturated rings. The van der Waals surface area contributed by atoms with Gasteiger partial charge in [0.05, 0.1) is 4.92 Å². The first-order chi connectivity index (χ1) is 11.1. The fourth-order valence-electron chi connectivity index (χ4n) is 1.83. The number of hydrogen-bond donors (Lipinski definition) is 0. The predicted octanol–water partition coefficient (Wildman–Crippen LogP) is 3.88. The Morgan fingerprint density at radius 2 is 1.78 bits per heavy atom. The highest BCUT2D eigenvalue weighted by atomic mass is 35.5. The largest absolute Gasteiger partial charge is 0.484 e. The second-order valence-corrected chi connectivity index (χ2v) is 4.98. The number of halogens is 1. The number of hydrogen-bond acceptors (Lipinski definition) is 6. The molecule has 7 nitrogen and oxygen atoms in total. The van der Waals surface area contributed by atoms with E-state index in [9.17, 15) is 10.1 Å². The maximum atomic E-state index is 10.6. The molecule has 116 valence electrons. The minimum Gasteiger partial charge on any atom is -0.484 e. The molecular formula is C15H10ClN3O4. The van der Waals surface area contributed by atoms with E-state index in [0.29, 0.717) is 22.2 Å². The third-order valence-electron chi connectivity index (χ3n) is 2.97. The summed E-state index contributed by atoms with van der Waals surface area (Å²) >= 11 is 5.79. The second-order valence-electron chi connectivity index (χ2n) is 4.55. The number of rotatable bonds is 5. The first-order valence-electron chi connectivity index (χ1n) is 6.57. The van der Waals surface area contributed by atoms with E-state index in [4.69, 9.17) is 20.8 Å². The van der Waals surface area contributed by atoms with Gasteiger partial charge in [-0.1, -0.05) is 11.6 Å². The van der Waals surface area contributed by atoms with Crippen molar-refractivity contribution in [3.8, 4) is 17.2 Å². The van der Waals surface area contributed by atoms with Gasteiger partial charge in [0, 0.05) is 22.7 Å². The summed E-state index contributed by atoms with van der Waals surface area (Å²) in [7, 11) is 0. The van der Waals surface area contributed by atoms with Crippen LogP contribution in [0.4, 0.5) is 5.69 Å². The molecule has 1 aromatic heterocycles. The molecule has 0 bridgehead atoms. The van der Waals surface area contributed by atoms with E-state index >= 15 is 0 Å². The van der Waals surface area contributed by atoms with Crippen LogP contribution in [0.3, 0.4) is 0 Å². The van der Waals surface area contributed by atoms with Crippen molar-refractivity contribution in [2.24, 2.45) is 0 Å². The molecule has 0 radical (unpaired) electrons. The van der Waals surface area contributed by atoms with Crippen LogP contribution in [0.2, 0.25) is 5.02 Å². The van der Waals surface area contributed by atoms with Gasteiger partial charge >= 0.3 is 0 Å². The van der Waals surface area contributed by atoms with Crippen molar-refractivity contribution in [1.82, 2.24) is 10.2 Å². The van der Waals surface area contributed by atoms with E-state index < -0.39 is 4.92 Å². The van der Waals surface area contributed by atoms with E-state index in [1.807, 2.05) is 0 Å². The minimum atomic E-state index is -0.469. The van der Waals surface area contributed by atoms with Crippen molar-refractivity contribution in [3.63, 3.8) is 0 Å². The smallest absolute Gasteiger partial charge is 0.269 e. The molecule has 3 rings (SSSR count). The van der Waals surface area contributed by atoms with Crippen molar-refractivity contribution < 1.29 is 14.1 Å². The normalized spacial score (nSPS) is 10.5. The van der Waals surface area contributed by atoms with Crippen LogP contribution in [-0.2, 0) is 6.61 Å². The van der Waals surface area contributed by atoms with Gasteiger partial charge in [0.2, 0.25) is 5.89 Å². The summed E-state index contributed by atoms with van der Waals surface area (Å²) in [6, 6.07) is 12.8. The van der Waals surface area contributed by atoms with E-state index in [1.54, 1.807) is 36.4 Å². The monoisotopic (exact) mass is 331 g/mol. The van der Waals surface area contributed by atoms with E-state index in [0.717, 1.165) is 0 Å². The van der Waals surface area contributed by atoms with Gasteiger partial charge in [-0.3, -0.25) is 10.1 Å². The summed E-state index contributed by atoms with van der Waals surface area (Å²) in [5.74, 6) is 1.20. The molecule has 0 atom stereocenters. The zero-order chi connectivity index (χ0) is 16.2. The number of ether oxygens (including phenoxy) is 1. The highest BCUT2D eigenvalue weighted by Crippen LogP contribution is 2.22. The topological polar surface area (TPSA) is 91.3 Å². The maximum Gasteiger partial charge on any atom is 0.269 e. The predicted molar refractivity (Wildman–Crippen MR) is 82.2 cm³/mol. The third kappa shape index (κ3) is 3.64. The summed E-state index contributed by atoms with van der Waals surface area (Å²) in [6.07, 6.45) is 0. The zero-order valence-corrected chi connectivity index (χ0v) is 12.4. The van der Waals surface area contributed by atoms with Crippen LogP contribution in [0, 0.1) is 10.1 Å². The Labute approximate surface area is 135 Å². The summed E-state index contributed by atoms with van der Waals surface area (Å²) < 4.78 is 11.0. The van der Waals surface area contributed by atoms with Gasteiger partial charge in [0.1, 0.15) is 5.75 Å². The van der Waals surface area contributed by atoms with Crippen LogP contribution < -0.4 is 4.74 Å². The van der Waals surface area contributed by atoms with Gasteiger partial charge in [0.15, 0.2) is 6.61 Å². The molecule has 0 saturated heterocycles. The Balaban J connectivity index is 1.67. The van der Waals surface area contributed by atoms with Crippen LogP contribution in [0.15, 0.2) is 52.9 Å². The molecule has 0 unspecified atom stereocenters. The number of benzene rings is 2. The Hall–Kier alpha value is -2.93. The second kappa shape index (κ2) is 6.45. The molecule has 0 aliphatic rings. The summed E-state index contributed by atoms with van der Waals surface area (Å²) in [5.41, 5.74) is 0.598. The fourth-order valence-corrected chi connectivity index (χ4v) is 1.96. The van der Waals surface area contributed by atoms with Gasteiger partial charge in [-0.15, -0.1) is 10.2 Å². The highest BCUT2D eigenvalue weighted by Gasteiger charge is 2.11. The van der Waals surface area contributed by atoms with Gasteiger partial charge < -0.3 is 9.15 Å². The molecule has 0 spiro atoms. The lowest BCUT2D eigenvalue weighted by atomic mass is 10.2. The zero-order valence-electron chi connectivity index (χ0n) is 11.7. The quantitative estimate of drug-likeness (QED) is 0.520. The molecule has 8 heteroatoms. The molecule has 23 heavy (non-hydrogen) atoms. The van der Waals surface area contributed by atoms with Gasteiger partial charge in [-0.05, 0) is 36.4 Å². The first-order valence-corrected chi connectivity index (χ1v) is 6.95. The Bertz CT molecular complexity index is 815. The van der Waals surface area contributed by atoms with E-state index in [2.05, 4.69) is 10.2 Å². The minimum absolute atomic E-state index is 0.000407. The Morgan fingerprint density at radius 1 is 1.09 bits per heavy atom. The number of nitrogens with zero attached hydrogens (tertiary/aromatic N) is 3. The van der Waals surface area contributed by atoms with Crippen molar-refractivity contribution in [3.05, 3.63) is 69.6 Å².